The fourth-order valence-electron chi connectivity index (χ4n) is 4.39. The van der Waals surface area contributed by atoms with Gasteiger partial charge >= 0.3 is 0 Å². The van der Waals surface area contributed by atoms with Crippen molar-refractivity contribution in [2.24, 2.45) is 16.3 Å². The second-order valence-electron chi connectivity index (χ2n) is 9.01. The molecule has 0 aliphatic heterocycles. The first-order valence-corrected chi connectivity index (χ1v) is 10.7. The highest BCUT2D eigenvalue weighted by Crippen LogP contribution is 2.39. The molecule has 2 rings (SSSR count). The number of hydrogen-bond donors (Lipinski definition) is 2. The first kappa shape index (κ1) is 26.0. The van der Waals surface area contributed by atoms with E-state index in [1.165, 1.54) is 19.3 Å². The molecule has 0 spiro atoms. The average Bonchev–Trinajstić information content (AvgIpc) is 3.14. The Morgan fingerprint density at radius 3 is 2.17 bits per heavy atom. The quantitative estimate of drug-likeness (QED) is 0.320. The lowest BCUT2D eigenvalue weighted by atomic mass is 9.84. The molecule has 7 nitrogen and oxygen atoms in total. The number of carbonyl (C=O) groups is 2. The van der Waals surface area contributed by atoms with E-state index in [2.05, 4.69) is 22.5 Å². The Hall–Kier alpha value is -1.06. The van der Waals surface area contributed by atoms with Crippen LogP contribution < -0.4 is 10.6 Å². The van der Waals surface area contributed by atoms with Gasteiger partial charge in [0.1, 0.15) is 6.54 Å². The topological polar surface area (TPSA) is 77.0 Å². The third kappa shape index (κ3) is 7.29. The molecule has 8 heteroatoms. The molecule has 2 aliphatic rings. The molecule has 2 N–H and O–H groups in total. The maximum atomic E-state index is 12.8. The van der Waals surface area contributed by atoms with Gasteiger partial charge in [0.2, 0.25) is 11.8 Å². The van der Waals surface area contributed by atoms with Gasteiger partial charge in [0.25, 0.3) is 0 Å². The van der Waals surface area contributed by atoms with Gasteiger partial charge in [0.05, 0.1) is 5.41 Å². The van der Waals surface area contributed by atoms with Crippen molar-refractivity contribution < 1.29 is 9.59 Å². The van der Waals surface area contributed by atoms with Gasteiger partial charge < -0.3 is 20.4 Å². The van der Waals surface area contributed by atoms with Crippen LogP contribution >= 0.6 is 24.0 Å². The Kier molecular flexibility index (Phi) is 10.7. The second-order valence-corrected chi connectivity index (χ2v) is 9.01. The Bertz CT molecular complexity index is 573. The molecule has 0 radical (unpaired) electrons. The predicted octanol–water partition coefficient (Wildman–Crippen LogP) is 2.46. The first-order chi connectivity index (χ1) is 13.2. The van der Waals surface area contributed by atoms with E-state index in [1.54, 1.807) is 23.9 Å². The predicted molar refractivity (Wildman–Crippen MR) is 129 cm³/mol. The Morgan fingerprint density at radius 2 is 1.62 bits per heavy atom. The van der Waals surface area contributed by atoms with Crippen molar-refractivity contribution in [3.05, 3.63) is 0 Å². The van der Waals surface area contributed by atoms with Gasteiger partial charge in [-0.3, -0.25) is 9.59 Å². The van der Waals surface area contributed by atoms with Crippen molar-refractivity contribution in [2.75, 3.05) is 41.3 Å². The SMILES string of the molecule is CC1CCCCC1NC(=NCC(=O)N(C)C)NCC1(C(=O)N(C)C)CCCC1.I. The molecule has 0 heterocycles. The van der Waals surface area contributed by atoms with Gasteiger partial charge in [-0.25, -0.2) is 4.99 Å². The summed E-state index contributed by atoms with van der Waals surface area (Å²) in [6.45, 7) is 2.94. The zero-order chi connectivity index (χ0) is 20.7. The van der Waals surface area contributed by atoms with Crippen molar-refractivity contribution in [3.8, 4) is 0 Å². The first-order valence-electron chi connectivity index (χ1n) is 10.7. The standard InChI is InChI=1S/C21H39N5O2.HI/c1-16-10-6-7-11-17(16)24-20(22-14-18(27)25(2)3)23-15-21(12-8-9-13-21)19(28)26(4)5;/h16-17H,6-15H2,1-5H3,(H2,22,23,24);1H. The molecule has 2 fully saturated rings. The van der Waals surface area contributed by atoms with E-state index in [9.17, 15) is 9.59 Å². The highest BCUT2D eigenvalue weighted by Gasteiger charge is 2.42. The summed E-state index contributed by atoms with van der Waals surface area (Å²) < 4.78 is 0. The summed E-state index contributed by atoms with van der Waals surface area (Å²) in [6, 6.07) is 0.360. The molecule has 2 amide bonds. The summed E-state index contributed by atoms with van der Waals surface area (Å²) in [7, 11) is 7.14. The van der Waals surface area contributed by atoms with E-state index in [1.807, 2.05) is 14.1 Å². The number of nitrogens with one attached hydrogen (secondary N) is 2. The monoisotopic (exact) mass is 521 g/mol. The number of guanidine groups is 1. The number of amides is 2. The third-order valence-corrected chi connectivity index (χ3v) is 6.32. The van der Waals surface area contributed by atoms with Crippen molar-refractivity contribution >= 4 is 41.8 Å². The van der Waals surface area contributed by atoms with Crippen LogP contribution in [0.3, 0.4) is 0 Å². The molecule has 29 heavy (non-hydrogen) atoms. The van der Waals surface area contributed by atoms with Crippen molar-refractivity contribution in [1.29, 1.82) is 0 Å². The van der Waals surface area contributed by atoms with E-state index >= 15 is 0 Å². The molecule has 0 saturated heterocycles. The Morgan fingerprint density at radius 1 is 1.00 bits per heavy atom. The van der Waals surface area contributed by atoms with E-state index in [-0.39, 0.29) is 47.8 Å². The van der Waals surface area contributed by atoms with Crippen LogP contribution in [0.15, 0.2) is 4.99 Å². The molecule has 0 aromatic carbocycles. The normalized spacial score (nSPS) is 23.7. The molecule has 0 aromatic rings. The minimum absolute atomic E-state index is 0. The average molecular weight is 521 g/mol. The lowest BCUT2D eigenvalue weighted by Crippen LogP contribution is -2.52. The van der Waals surface area contributed by atoms with Crippen LogP contribution in [0, 0.1) is 11.3 Å². The number of rotatable bonds is 6. The van der Waals surface area contributed by atoms with E-state index in [0.29, 0.717) is 24.5 Å². The minimum atomic E-state index is -0.365. The molecular formula is C21H40IN5O2. The van der Waals surface area contributed by atoms with Crippen LogP contribution in [0.2, 0.25) is 0 Å². The largest absolute Gasteiger partial charge is 0.355 e. The molecule has 168 valence electrons. The summed E-state index contributed by atoms with van der Waals surface area (Å²) in [5.74, 6) is 1.39. The lowest BCUT2D eigenvalue weighted by Gasteiger charge is -2.34. The van der Waals surface area contributed by atoms with Crippen LogP contribution in [0.1, 0.15) is 58.3 Å². The van der Waals surface area contributed by atoms with Crippen LogP contribution in [-0.2, 0) is 9.59 Å². The van der Waals surface area contributed by atoms with Crippen molar-refractivity contribution in [3.63, 3.8) is 0 Å². The van der Waals surface area contributed by atoms with Gasteiger partial charge in [0, 0.05) is 40.8 Å². The Balaban J connectivity index is 0.00000420. The number of halogens is 1. The smallest absolute Gasteiger partial charge is 0.243 e. The Labute approximate surface area is 193 Å². The van der Waals surface area contributed by atoms with Gasteiger partial charge in [-0.1, -0.05) is 32.6 Å². The maximum absolute atomic E-state index is 12.8. The van der Waals surface area contributed by atoms with Gasteiger partial charge in [-0.15, -0.1) is 24.0 Å². The highest BCUT2D eigenvalue weighted by molar-refractivity contribution is 14.0. The summed E-state index contributed by atoms with van der Waals surface area (Å²) in [6.07, 6.45) is 8.80. The highest BCUT2D eigenvalue weighted by atomic mass is 127. The third-order valence-electron chi connectivity index (χ3n) is 6.32. The number of nitrogens with zero attached hydrogens (tertiary/aromatic N) is 3. The van der Waals surface area contributed by atoms with E-state index < -0.39 is 0 Å². The zero-order valence-corrected chi connectivity index (χ0v) is 21.1. The molecule has 0 aromatic heterocycles. The van der Waals surface area contributed by atoms with Gasteiger partial charge in [-0.2, -0.15) is 0 Å². The van der Waals surface area contributed by atoms with Crippen LogP contribution in [0.5, 0.6) is 0 Å². The number of aliphatic imine (C=N–C) groups is 1. The van der Waals surface area contributed by atoms with E-state index in [4.69, 9.17) is 0 Å². The molecule has 2 aliphatic carbocycles. The zero-order valence-electron chi connectivity index (χ0n) is 18.8. The summed E-state index contributed by atoms with van der Waals surface area (Å²) in [4.78, 5) is 32.7. The van der Waals surface area contributed by atoms with Gasteiger partial charge in [-0.05, 0) is 31.6 Å². The fourth-order valence-corrected chi connectivity index (χ4v) is 4.39. The summed E-state index contributed by atoms with van der Waals surface area (Å²) >= 11 is 0. The molecule has 2 atom stereocenters. The number of hydrogen-bond acceptors (Lipinski definition) is 3. The van der Waals surface area contributed by atoms with Crippen molar-refractivity contribution in [1.82, 2.24) is 20.4 Å². The number of carbonyl (C=O) groups excluding carboxylic acids is 2. The maximum Gasteiger partial charge on any atom is 0.243 e. The van der Waals surface area contributed by atoms with Crippen LogP contribution in [0.4, 0.5) is 0 Å². The molecular weight excluding hydrogens is 481 g/mol. The van der Waals surface area contributed by atoms with Crippen LogP contribution in [0.25, 0.3) is 0 Å². The van der Waals surface area contributed by atoms with Crippen LogP contribution in [-0.4, -0.2) is 74.9 Å². The molecule has 2 saturated carbocycles. The van der Waals surface area contributed by atoms with E-state index in [0.717, 1.165) is 32.1 Å². The second kappa shape index (κ2) is 12.0. The lowest BCUT2D eigenvalue weighted by molar-refractivity contribution is -0.138. The van der Waals surface area contributed by atoms with Gasteiger partial charge in [0.15, 0.2) is 5.96 Å². The fraction of sp³-hybridized carbons (Fsp3) is 0.857. The van der Waals surface area contributed by atoms with Crippen molar-refractivity contribution in [2.45, 2.75) is 64.3 Å². The summed E-state index contributed by atoms with van der Waals surface area (Å²) in [5.41, 5.74) is -0.365. The summed E-state index contributed by atoms with van der Waals surface area (Å²) in [5, 5.41) is 6.97. The minimum Gasteiger partial charge on any atom is -0.355 e. The molecule has 0 bridgehead atoms. The number of likely N-dealkylation sites (N-methyl/N-ethyl adjacent to an activating group) is 1. The molecule has 2 unspecified atom stereocenters.